The highest BCUT2D eigenvalue weighted by Crippen LogP contribution is 2.40. The van der Waals surface area contributed by atoms with Crippen molar-refractivity contribution in [3.63, 3.8) is 0 Å². The van der Waals surface area contributed by atoms with Crippen molar-refractivity contribution in [1.82, 2.24) is 9.88 Å². The summed E-state index contributed by atoms with van der Waals surface area (Å²) in [6, 6.07) is 0.179. The number of aryl methyl sites for hydroxylation is 1. The quantitative estimate of drug-likeness (QED) is 0.893. The van der Waals surface area contributed by atoms with Crippen LogP contribution < -0.4 is 5.73 Å². The van der Waals surface area contributed by atoms with E-state index in [0.29, 0.717) is 12.3 Å². The molecule has 5 heteroatoms. The van der Waals surface area contributed by atoms with Gasteiger partial charge in [-0.2, -0.15) is 0 Å². The summed E-state index contributed by atoms with van der Waals surface area (Å²) in [5.74, 6) is 1.49. The van der Waals surface area contributed by atoms with Gasteiger partial charge in [-0.3, -0.25) is 4.79 Å². The van der Waals surface area contributed by atoms with Crippen LogP contribution in [0.5, 0.6) is 0 Å². The molecule has 2 aliphatic rings. The number of nitrogens with two attached hydrogens (primary N) is 1. The van der Waals surface area contributed by atoms with Crippen molar-refractivity contribution in [3.05, 3.63) is 16.1 Å². The maximum absolute atomic E-state index is 12.2. The summed E-state index contributed by atoms with van der Waals surface area (Å²) >= 11 is 1.60. The molecule has 98 valence electrons. The minimum Gasteiger partial charge on any atom is -0.340 e. The van der Waals surface area contributed by atoms with Crippen molar-refractivity contribution < 1.29 is 4.79 Å². The maximum atomic E-state index is 12.2. The molecule has 2 atom stereocenters. The molecule has 0 bridgehead atoms. The smallest absolute Gasteiger partial charge is 0.228 e. The molecule has 2 heterocycles. The summed E-state index contributed by atoms with van der Waals surface area (Å²) < 4.78 is 0. The van der Waals surface area contributed by atoms with E-state index in [2.05, 4.69) is 4.98 Å². The third kappa shape index (κ3) is 2.42. The minimum atomic E-state index is 0.179. The van der Waals surface area contributed by atoms with Crippen molar-refractivity contribution in [2.45, 2.75) is 32.2 Å². The molecule has 0 aromatic carbocycles. The van der Waals surface area contributed by atoms with Crippen LogP contribution in [0.15, 0.2) is 5.38 Å². The lowest BCUT2D eigenvalue weighted by Gasteiger charge is -2.15. The Morgan fingerprint density at radius 1 is 1.56 bits per heavy atom. The zero-order valence-corrected chi connectivity index (χ0v) is 11.4. The molecule has 1 saturated heterocycles. The van der Waals surface area contributed by atoms with Crippen LogP contribution in [0.1, 0.15) is 23.5 Å². The second kappa shape index (κ2) is 4.63. The molecule has 1 saturated carbocycles. The van der Waals surface area contributed by atoms with Crippen molar-refractivity contribution in [3.8, 4) is 0 Å². The third-order valence-corrected chi connectivity index (χ3v) is 4.81. The molecule has 18 heavy (non-hydrogen) atoms. The fourth-order valence-electron chi connectivity index (χ4n) is 2.84. The Morgan fingerprint density at radius 3 is 2.94 bits per heavy atom. The first-order valence-corrected chi connectivity index (χ1v) is 7.46. The van der Waals surface area contributed by atoms with E-state index in [-0.39, 0.29) is 11.9 Å². The molecule has 4 nitrogen and oxygen atoms in total. The number of hydrogen-bond acceptors (Lipinski definition) is 4. The Kier molecular flexibility index (Phi) is 3.11. The fourth-order valence-corrected chi connectivity index (χ4v) is 3.45. The topological polar surface area (TPSA) is 59.2 Å². The van der Waals surface area contributed by atoms with E-state index in [1.165, 1.54) is 12.8 Å². The summed E-state index contributed by atoms with van der Waals surface area (Å²) in [6.45, 7) is 3.55. The minimum absolute atomic E-state index is 0.179. The number of amides is 1. The monoisotopic (exact) mass is 265 g/mol. The zero-order valence-electron chi connectivity index (χ0n) is 10.6. The normalized spacial score (nSPS) is 27.8. The molecule has 0 radical (unpaired) electrons. The van der Waals surface area contributed by atoms with Gasteiger partial charge >= 0.3 is 0 Å². The highest BCUT2D eigenvalue weighted by molar-refractivity contribution is 7.09. The molecule has 2 N–H and O–H groups in total. The first-order valence-electron chi connectivity index (χ1n) is 6.58. The van der Waals surface area contributed by atoms with Crippen molar-refractivity contribution >= 4 is 17.2 Å². The highest BCUT2D eigenvalue weighted by Gasteiger charge is 2.42. The van der Waals surface area contributed by atoms with Crippen molar-refractivity contribution in [2.75, 3.05) is 13.1 Å². The molecule has 1 aromatic heterocycles. The van der Waals surface area contributed by atoms with Gasteiger partial charge in [0.1, 0.15) is 0 Å². The summed E-state index contributed by atoms with van der Waals surface area (Å²) in [4.78, 5) is 18.5. The van der Waals surface area contributed by atoms with E-state index in [0.717, 1.165) is 29.7 Å². The summed E-state index contributed by atoms with van der Waals surface area (Å²) in [6.07, 6.45) is 3.02. The largest absolute Gasteiger partial charge is 0.340 e. The summed E-state index contributed by atoms with van der Waals surface area (Å²) in [7, 11) is 0. The molecule has 1 aromatic rings. The lowest BCUT2D eigenvalue weighted by atomic mass is 9.99. The van der Waals surface area contributed by atoms with Gasteiger partial charge < -0.3 is 10.6 Å². The second-order valence-corrected chi connectivity index (χ2v) is 6.56. The molecular formula is C13H19N3OS. The fraction of sp³-hybridized carbons (Fsp3) is 0.692. The zero-order chi connectivity index (χ0) is 12.7. The number of hydrogen-bond donors (Lipinski definition) is 1. The van der Waals surface area contributed by atoms with Gasteiger partial charge in [0.2, 0.25) is 5.91 Å². The number of thiazole rings is 1. The second-order valence-electron chi connectivity index (χ2n) is 5.50. The van der Waals surface area contributed by atoms with Crippen molar-refractivity contribution in [2.24, 2.45) is 17.6 Å². The Morgan fingerprint density at radius 2 is 2.33 bits per heavy atom. The molecule has 1 aliphatic carbocycles. The number of carbonyl (C=O) groups is 1. The van der Waals surface area contributed by atoms with Crippen LogP contribution >= 0.6 is 11.3 Å². The summed E-state index contributed by atoms with van der Waals surface area (Å²) in [5.41, 5.74) is 7.03. The average molecular weight is 265 g/mol. The molecule has 0 spiro atoms. The van der Waals surface area contributed by atoms with Gasteiger partial charge in [-0.25, -0.2) is 4.98 Å². The van der Waals surface area contributed by atoms with Crippen LogP contribution in [-0.2, 0) is 11.2 Å². The predicted octanol–water partition coefficient (Wildman–Crippen LogP) is 1.19. The lowest BCUT2D eigenvalue weighted by molar-refractivity contribution is -0.129. The molecule has 1 amide bonds. The first-order chi connectivity index (χ1) is 8.63. The van der Waals surface area contributed by atoms with Gasteiger partial charge in [-0.15, -0.1) is 11.3 Å². The van der Waals surface area contributed by atoms with Gasteiger partial charge in [-0.1, -0.05) is 0 Å². The molecule has 3 rings (SSSR count). The number of nitrogens with zero attached hydrogens (tertiary/aromatic N) is 2. The predicted molar refractivity (Wildman–Crippen MR) is 71.3 cm³/mol. The molecule has 0 unspecified atom stereocenters. The summed E-state index contributed by atoms with van der Waals surface area (Å²) in [5, 5.41) is 2.99. The van der Waals surface area contributed by atoms with Crippen LogP contribution in [0.25, 0.3) is 0 Å². The van der Waals surface area contributed by atoms with Crippen LogP contribution in [0, 0.1) is 18.8 Å². The number of rotatable bonds is 3. The van der Waals surface area contributed by atoms with E-state index >= 15 is 0 Å². The Labute approximate surface area is 111 Å². The van der Waals surface area contributed by atoms with Crippen LogP contribution in [0.3, 0.4) is 0 Å². The molecular weight excluding hydrogens is 246 g/mol. The Bertz CT molecular complexity index is 455. The number of aromatic nitrogens is 1. The van der Waals surface area contributed by atoms with E-state index in [1.807, 2.05) is 17.2 Å². The lowest BCUT2D eigenvalue weighted by Crippen LogP contribution is -2.33. The van der Waals surface area contributed by atoms with E-state index < -0.39 is 0 Å². The van der Waals surface area contributed by atoms with Crippen LogP contribution in [0.2, 0.25) is 0 Å². The van der Waals surface area contributed by atoms with Gasteiger partial charge in [0, 0.05) is 24.5 Å². The van der Waals surface area contributed by atoms with Crippen LogP contribution in [0.4, 0.5) is 0 Å². The molecule has 2 fully saturated rings. The Hall–Kier alpha value is -0.940. The Balaban J connectivity index is 1.60. The number of carbonyl (C=O) groups excluding carboxylic acids is 1. The van der Waals surface area contributed by atoms with Gasteiger partial charge in [0.15, 0.2) is 0 Å². The average Bonchev–Trinajstić information content (AvgIpc) is 2.98. The van der Waals surface area contributed by atoms with E-state index in [4.69, 9.17) is 5.73 Å². The van der Waals surface area contributed by atoms with Gasteiger partial charge in [-0.05, 0) is 31.6 Å². The van der Waals surface area contributed by atoms with E-state index in [1.54, 1.807) is 11.3 Å². The standard InChI is InChI=1S/C13H19N3OS/c1-8-15-10(7-18-8)4-13(17)16-5-11(9-2-3-9)12(14)6-16/h7,9,11-12H,2-6,14H2,1H3/t11-,12+/m1/s1. The highest BCUT2D eigenvalue weighted by atomic mass is 32.1. The van der Waals surface area contributed by atoms with Crippen LogP contribution in [-0.4, -0.2) is 34.9 Å². The van der Waals surface area contributed by atoms with E-state index in [9.17, 15) is 4.79 Å². The first kappa shape index (κ1) is 12.1. The van der Waals surface area contributed by atoms with Gasteiger partial charge in [0.25, 0.3) is 0 Å². The SMILES string of the molecule is Cc1nc(CC(=O)N2C[C@H](C3CC3)[C@@H](N)C2)cs1. The van der Waals surface area contributed by atoms with Crippen molar-refractivity contribution in [1.29, 1.82) is 0 Å². The van der Waals surface area contributed by atoms with Gasteiger partial charge in [0.05, 0.1) is 17.1 Å². The third-order valence-electron chi connectivity index (χ3n) is 3.99. The number of likely N-dealkylation sites (tertiary alicyclic amines) is 1. The molecule has 1 aliphatic heterocycles. The maximum Gasteiger partial charge on any atom is 0.228 e.